The first kappa shape index (κ1) is 25.0. The Morgan fingerprint density at radius 1 is 0.848 bits per heavy atom. The highest BCUT2D eigenvalue weighted by atomic mass is 127. The molecule has 1 unspecified atom stereocenters. The van der Waals surface area contributed by atoms with Gasteiger partial charge in [-0.2, -0.15) is 5.10 Å². The molecule has 2 N–H and O–H groups in total. The second-order valence-electron chi connectivity index (χ2n) is 7.20. The zero-order valence-corrected chi connectivity index (χ0v) is 21.5. The fourth-order valence-electron chi connectivity index (χ4n) is 3.14. The van der Waals surface area contributed by atoms with Gasteiger partial charge in [0.25, 0.3) is 0 Å². The maximum absolute atomic E-state index is 5.98. The highest BCUT2D eigenvalue weighted by Crippen LogP contribution is 2.19. The van der Waals surface area contributed by atoms with Gasteiger partial charge in [-0.1, -0.05) is 90.0 Å². The van der Waals surface area contributed by atoms with Crippen molar-refractivity contribution in [3.05, 3.63) is 118 Å². The Morgan fingerprint density at radius 3 is 1.94 bits per heavy atom. The molecule has 1 aliphatic heterocycles. The van der Waals surface area contributed by atoms with Crippen LogP contribution >= 0.6 is 47.2 Å². The molecule has 3 aromatic carbocycles. The molecule has 0 fully saturated rings. The number of nitrogens with zero attached hydrogens (tertiary/aromatic N) is 2. The summed E-state index contributed by atoms with van der Waals surface area (Å²) in [6.45, 7) is 0.735. The minimum atomic E-state index is 0. The third-order valence-corrected chi connectivity index (χ3v) is 5.36. The van der Waals surface area contributed by atoms with Crippen molar-refractivity contribution in [3.63, 3.8) is 0 Å². The van der Waals surface area contributed by atoms with E-state index >= 15 is 0 Å². The van der Waals surface area contributed by atoms with Gasteiger partial charge in [-0.3, -0.25) is 0 Å². The maximum atomic E-state index is 5.98. The predicted octanol–water partition coefficient (Wildman–Crippen LogP) is 6.98. The van der Waals surface area contributed by atoms with Crippen LogP contribution < -0.4 is 10.7 Å². The van der Waals surface area contributed by atoms with Gasteiger partial charge in [0.2, 0.25) is 5.96 Å². The summed E-state index contributed by atoms with van der Waals surface area (Å²) < 4.78 is 0. The van der Waals surface area contributed by atoms with E-state index in [9.17, 15) is 0 Å². The van der Waals surface area contributed by atoms with Crippen molar-refractivity contribution >= 4 is 71.0 Å². The summed E-state index contributed by atoms with van der Waals surface area (Å²) in [6.07, 6.45) is 7.85. The van der Waals surface area contributed by atoms with Crippen LogP contribution in [0.1, 0.15) is 22.7 Å². The Balaban J connectivity index is 0.00000306. The van der Waals surface area contributed by atoms with Crippen LogP contribution in [0.15, 0.2) is 101 Å². The molecule has 4 rings (SSSR count). The Bertz CT molecular complexity index is 1100. The average Bonchev–Trinajstić information content (AvgIpc) is 3.30. The number of aliphatic imine (C=N–C) groups is 1. The van der Waals surface area contributed by atoms with Crippen molar-refractivity contribution in [2.75, 3.05) is 6.54 Å². The van der Waals surface area contributed by atoms with Crippen molar-refractivity contribution in [1.82, 2.24) is 10.7 Å². The Labute approximate surface area is 221 Å². The molecule has 0 bridgehead atoms. The molecule has 4 nitrogen and oxygen atoms in total. The predicted molar refractivity (Wildman–Crippen MR) is 152 cm³/mol. The van der Waals surface area contributed by atoms with Gasteiger partial charge < -0.3 is 5.32 Å². The monoisotopic (exact) mass is 588 g/mol. The fourth-order valence-corrected chi connectivity index (χ4v) is 3.39. The number of hydrogen-bond donors (Lipinski definition) is 2. The molecular weight excluding hydrogens is 566 g/mol. The molecule has 0 aromatic heterocycles. The van der Waals surface area contributed by atoms with Crippen LogP contribution in [-0.4, -0.2) is 18.2 Å². The number of nitrogens with one attached hydrogen (secondary N) is 2. The minimum absolute atomic E-state index is 0. The number of hydrogen-bond acceptors (Lipinski definition) is 4. The minimum Gasteiger partial charge on any atom is -0.352 e. The van der Waals surface area contributed by atoms with Gasteiger partial charge in [0.1, 0.15) is 0 Å². The molecule has 0 aliphatic carbocycles. The molecule has 3 aromatic rings. The van der Waals surface area contributed by atoms with Gasteiger partial charge in [-0.25, -0.2) is 10.4 Å². The largest absolute Gasteiger partial charge is 0.352 e. The van der Waals surface area contributed by atoms with Gasteiger partial charge >= 0.3 is 0 Å². The molecule has 168 valence electrons. The number of guanidine groups is 1. The summed E-state index contributed by atoms with van der Waals surface area (Å²) in [5.41, 5.74) is 7.03. The van der Waals surface area contributed by atoms with E-state index in [0.717, 1.165) is 23.4 Å². The normalized spacial score (nSPS) is 15.1. The molecule has 1 aliphatic rings. The molecule has 0 radical (unpaired) electrons. The summed E-state index contributed by atoms with van der Waals surface area (Å²) in [5, 5.41) is 9.24. The van der Waals surface area contributed by atoms with Gasteiger partial charge in [0.15, 0.2) is 0 Å². The van der Waals surface area contributed by atoms with E-state index in [1.54, 1.807) is 0 Å². The van der Waals surface area contributed by atoms with Crippen LogP contribution in [0, 0.1) is 0 Å². The summed E-state index contributed by atoms with van der Waals surface area (Å²) in [7, 11) is 0. The lowest BCUT2D eigenvalue weighted by Crippen LogP contribution is -2.30. The molecule has 1 heterocycles. The number of benzene rings is 3. The van der Waals surface area contributed by atoms with Crippen LogP contribution in [-0.2, 0) is 0 Å². The third-order valence-electron chi connectivity index (χ3n) is 4.86. The van der Waals surface area contributed by atoms with Gasteiger partial charge in [-0.15, -0.1) is 24.0 Å². The van der Waals surface area contributed by atoms with E-state index in [0.29, 0.717) is 16.0 Å². The van der Waals surface area contributed by atoms with Crippen LogP contribution in [0.25, 0.3) is 12.2 Å². The Morgan fingerprint density at radius 2 is 1.39 bits per heavy atom. The standard InChI is InChI=1S/C26H22Cl2N4.HI/c27-22-12-6-19(7-13-22)10-16-24(17-11-20-8-14-23(28)15-9-20)31-32-26-29-18-25(30-26)21-4-2-1-3-5-21;/h1-17,25H,18H2,(H2,29,30,32);1H/b16-10+,17-11+;. The smallest absolute Gasteiger partial charge is 0.212 e. The second-order valence-corrected chi connectivity index (χ2v) is 8.08. The number of rotatable bonds is 6. The molecule has 1 atom stereocenters. The SMILES string of the molecule is Clc1ccc(/C=C/C(/C=C/c2ccc(Cl)cc2)=NNC2=NC(c3ccccc3)CN2)cc1.I. The Hall–Kier alpha value is -2.61. The molecular formula is C26H23Cl2IN4. The van der Waals surface area contributed by atoms with Crippen molar-refractivity contribution in [1.29, 1.82) is 0 Å². The summed E-state index contributed by atoms with van der Waals surface area (Å²) >= 11 is 12.0. The van der Waals surface area contributed by atoms with Crippen LogP contribution in [0.3, 0.4) is 0 Å². The van der Waals surface area contributed by atoms with E-state index in [4.69, 9.17) is 28.2 Å². The first-order chi connectivity index (χ1) is 15.7. The zero-order chi connectivity index (χ0) is 22.2. The van der Waals surface area contributed by atoms with Gasteiger partial charge in [-0.05, 0) is 53.1 Å². The van der Waals surface area contributed by atoms with E-state index in [2.05, 4.69) is 28.0 Å². The lowest BCUT2D eigenvalue weighted by Gasteiger charge is -2.04. The number of allylic oxidation sites excluding steroid dienone is 2. The van der Waals surface area contributed by atoms with Crippen LogP contribution in [0.5, 0.6) is 0 Å². The molecule has 0 spiro atoms. The van der Waals surface area contributed by atoms with E-state index in [1.165, 1.54) is 5.56 Å². The van der Waals surface area contributed by atoms with Crippen LogP contribution in [0.2, 0.25) is 10.0 Å². The van der Waals surface area contributed by atoms with Crippen molar-refractivity contribution in [2.24, 2.45) is 10.1 Å². The maximum Gasteiger partial charge on any atom is 0.212 e. The van der Waals surface area contributed by atoms with E-state index in [-0.39, 0.29) is 30.0 Å². The van der Waals surface area contributed by atoms with Crippen molar-refractivity contribution < 1.29 is 0 Å². The molecule has 0 amide bonds. The average molecular weight is 589 g/mol. The molecule has 33 heavy (non-hydrogen) atoms. The van der Waals surface area contributed by atoms with Crippen molar-refractivity contribution in [2.45, 2.75) is 6.04 Å². The topological polar surface area (TPSA) is 48.8 Å². The quantitative estimate of drug-likeness (QED) is 0.185. The van der Waals surface area contributed by atoms with Gasteiger partial charge in [0, 0.05) is 16.6 Å². The first-order valence-corrected chi connectivity index (χ1v) is 11.0. The van der Waals surface area contributed by atoms with Crippen LogP contribution in [0.4, 0.5) is 0 Å². The highest BCUT2D eigenvalue weighted by Gasteiger charge is 2.17. The van der Waals surface area contributed by atoms with Crippen molar-refractivity contribution in [3.8, 4) is 0 Å². The molecule has 0 saturated carbocycles. The summed E-state index contributed by atoms with van der Waals surface area (Å²) in [5.74, 6) is 0.649. The third kappa shape index (κ3) is 7.74. The van der Waals surface area contributed by atoms with Gasteiger partial charge in [0.05, 0.1) is 11.8 Å². The first-order valence-electron chi connectivity index (χ1n) is 10.2. The van der Waals surface area contributed by atoms with E-state index in [1.807, 2.05) is 91.0 Å². The zero-order valence-electron chi connectivity index (χ0n) is 17.7. The summed E-state index contributed by atoms with van der Waals surface area (Å²) in [6, 6.07) is 25.6. The number of halogens is 3. The lowest BCUT2D eigenvalue weighted by atomic mass is 10.1. The summed E-state index contributed by atoms with van der Waals surface area (Å²) in [4.78, 5) is 4.70. The van der Waals surface area contributed by atoms with E-state index < -0.39 is 0 Å². The highest BCUT2D eigenvalue weighted by molar-refractivity contribution is 14.0. The fraction of sp³-hybridized carbons (Fsp3) is 0.0769. The number of hydrazone groups is 1. The molecule has 7 heteroatoms. The second kappa shape index (κ2) is 12.6. The lowest BCUT2D eigenvalue weighted by molar-refractivity contribution is 0.750. The molecule has 0 saturated heterocycles. The Kier molecular flexibility index (Phi) is 9.54.